The molecule has 0 fully saturated rings. The number of halogens is 2. The summed E-state index contributed by atoms with van der Waals surface area (Å²) in [6.07, 6.45) is 0. The van der Waals surface area contributed by atoms with Gasteiger partial charge in [-0.25, -0.2) is 8.78 Å². The van der Waals surface area contributed by atoms with Crippen molar-refractivity contribution >= 4 is 23.1 Å². The number of nitrogens with two attached hydrogens (primary N) is 1. The van der Waals surface area contributed by atoms with Gasteiger partial charge in [-0.3, -0.25) is 9.59 Å². The number of ketones is 1. The van der Waals surface area contributed by atoms with Crippen molar-refractivity contribution in [2.45, 2.75) is 6.92 Å². The molecule has 3 N–H and O–H groups in total. The zero-order valence-corrected chi connectivity index (χ0v) is 11.1. The molecule has 0 saturated carbocycles. The van der Waals surface area contributed by atoms with E-state index in [9.17, 15) is 18.4 Å². The molecule has 0 bridgehead atoms. The monoisotopic (exact) mass is 290 g/mol. The van der Waals surface area contributed by atoms with E-state index < -0.39 is 28.8 Å². The molecule has 0 spiro atoms. The maximum atomic E-state index is 13.7. The zero-order valence-electron chi connectivity index (χ0n) is 11.1. The lowest BCUT2D eigenvalue weighted by molar-refractivity contribution is 0.100. The number of nitrogens with one attached hydrogen (secondary N) is 1. The second kappa shape index (κ2) is 5.70. The standard InChI is InChI=1S/C15H12F2N2O2/c1-8(20)9-3-2-4-11(5-9)19-15(21)12-6-10(16)7-13(18)14(12)17/h2-7H,18H2,1H3,(H,19,21). The molecule has 0 unspecified atom stereocenters. The van der Waals surface area contributed by atoms with Crippen LogP contribution in [0, 0.1) is 11.6 Å². The predicted molar refractivity (Wildman–Crippen MR) is 75.2 cm³/mol. The molecule has 0 aliphatic carbocycles. The highest BCUT2D eigenvalue weighted by Gasteiger charge is 2.16. The number of hydrogen-bond donors (Lipinski definition) is 2. The first kappa shape index (κ1) is 14.6. The van der Waals surface area contributed by atoms with Gasteiger partial charge < -0.3 is 11.1 Å². The number of carbonyl (C=O) groups is 2. The number of rotatable bonds is 3. The molecular formula is C15H12F2N2O2. The highest BCUT2D eigenvalue weighted by atomic mass is 19.1. The number of anilines is 2. The summed E-state index contributed by atoms with van der Waals surface area (Å²) in [7, 11) is 0. The van der Waals surface area contributed by atoms with Crippen molar-refractivity contribution in [1.29, 1.82) is 0 Å². The van der Waals surface area contributed by atoms with E-state index in [0.717, 1.165) is 12.1 Å². The smallest absolute Gasteiger partial charge is 0.258 e. The molecule has 0 aliphatic heterocycles. The van der Waals surface area contributed by atoms with Crippen LogP contribution in [-0.2, 0) is 0 Å². The molecule has 6 heteroatoms. The average molecular weight is 290 g/mol. The van der Waals surface area contributed by atoms with Crippen molar-refractivity contribution in [2.75, 3.05) is 11.1 Å². The third-order valence-electron chi connectivity index (χ3n) is 2.84. The SMILES string of the molecule is CC(=O)c1cccc(NC(=O)c2cc(F)cc(N)c2F)c1. The lowest BCUT2D eigenvalue weighted by Gasteiger charge is -2.08. The Labute approximate surface area is 119 Å². The van der Waals surface area contributed by atoms with Crippen molar-refractivity contribution in [3.63, 3.8) is 0 Å². The molecule has 0 radical (unpaired) electrons. The first-order valence-corrected chi connectivity index (χ1v) is 6.05. The summed E-state index contributed by atoms with van der Waals surface area (Å²) in [5.74, 6) is -2.82. The second-order valence-corrected chi connectivity index (χ2v) is 4.45. The molecule has 2 rings (SSSR count). The molecule has 0 saturated heterocycles. The maximum absolute atomic E-state index is 13.7. The van der Waals surface area contributed by atoms with Gasteiger partial charge in [-0.1, -0.05) is 12.1 Å². The fourth-order valence-electron chi connectivity index (χ4n) is 1.79. The molecule has 108 valence electrons. The second-order valence-electron chi connectivity index (χ2n) is 4.45. The van der Waals surface area contributed by atoms with Crippen LogP contribution in [-0.4, -0.2) is 11.7 Å². The summed E-state index contributed by atoms with van der Waals surface area (Å²) in [6, 6.07) is 7.69. The molecule has 0 atom stereocenters. The Morgan fingerprint density at radius 1 is 1.14 bits per heavy atom. The number of amides is 1. The Hall–Kier alpha value is -2.76. The van der Waals surface area contributed by atoms with Gasteiger partial charge in [0, 0.05) is 11.3 Å². The van der Waals surface area contributed by atoms with Gasteiger partial charge in [0.2, 0.25) is 0 Å². The van der Waals surface area contributed by atoms with Gasteiger partial charge in [0.05, 0.1) is 11.3 Å². The molecule has 0 aromatic heterocycles. The van der Waals surface area contributed by atoms with Crippen molar-refractivity contribution in [3.8, 4) is 0 Å². The van der Waals surface area contributed by atoms with Gasteiger partial charge in [0.1, 0.15) is 5.82 Å². The lowest BCUT2D eigenvalue weighted by atomic mass is 10.1. The topological polar surface area (TPSA) is 72.2 Å². The minimum Gasteiger partial charge on any atom is -0.396 e. The molecular weight excluding hydrogens is 278 g/mol. The third-order valence-corrected chi connectivity index (χ3v) is 2.84. The highest BCUT2D eigenvalue weighted by Crippen LogP contribution is 2.19. The largest absolute Gasteiger partial charge is 0.396 e. The Kier molecular flexibility index (Phi) is 3.98. The minimum atomic E-state index is -0.989. The summed E-state index contributed by atoms with van der Waals surface area (Å²) in [5, 5.41) is 2.40. The van der Waals surface area contributed by atoms with E-state index in [-0.39, 0.29) is 5.78 Å². The summed E-state index contributed by atoms with van der Waals surface area (Å²) in [5.41, 5.74) is 5.03. The molecule has 0 aliphatic rings. The van der Waals surface area contributed by atoms with E-state index in [4.69, 9.17) is 5.73 Å². The van der Waals surface area contributed by atoms with Crippen LogP contribution in [0.4, 0.5) is 20.2 Å². The van der Waals surface area contributed by atoms with Crippen LogP contribution >= 0.6 is 0 Å². The van der Waals surface area contributed by atoms with Crippen LogP contribution in [0.5, 0.6) is 0 Å². The summed E-state index contributed by atoms with van der Waals surface area (Å²) in [6.45, 7) is 1.38. The van der Waals surface area contributed by atoms with Crippen molar-refractivity contribution in [3.05, 3.63) is 59.2 Å². The Morgan fingerprint density at radius 3 is 2.52 bits per heavy atom. The minimum absolute atomic E-state index is 0.174. The maximum Gasteiger partial charge on any atom is 0.258 e. The summed E-state index contributed by atoms with van der Waals surface area (Å²) >= 11 is 0. The van der Waals surface area contributed by atoms with Gasteiger partial charge >= 0.3 is 0 Å². The summed E-state index contributed by atoms with van der Waals surface area (Å²) < 4.78 is 26.9. The van der Waals surface area contributed by atoms with Crippen LogP contribution in [0.3, 0.4) is 0 Å². The fourth-order valence-corrected chi connectivity index (χ4v) is 1.79. The Morgan fingerprint density at radius 2 is 1.86 bits per heavy atom. The zero-order chi connectivity index (χ0) is 15.6. The number of Topliss-reactive ketones (excluding diaryl/α,β-unsaturated/α-hetero) is 1. The van der Waals surface area contributed by atoms with Gasteiger partial charge in [-0.15, -0.1) is 0 Å². The van der Waals surface area contributed by atoms with E-state index in [2.05, 4.69) is 5.32 Å². The van der Waals surface area contributed by atoms with Crippen molar-refractivity contribution < 1.29 is 18.4 Å². The van der Waals surface area contributed by atoms with E-state index in [1.165, 1.54) is 19.1 Å². The molecule has 4 nitrogen and oxygen atoms in total. The van der Waals surface area contributed by atoms with E-state index in [0.29, 0.717) is 11.3 Å². The molecule has 2 aromatic carbocycles. The van der Waals surface area contributed by atoms with Crippen LogP contribution < -0.4 is 11.1 Å². The third kappa shape index (κ3) is 3.22. The van der Waals surface area contributed by atoms with E-state index >= 15 is 0 Å². The quantitative estimate of drug-likeness (QED) is 0.674. The van der Waals surface area contributed by atoms with Crippen molar-refractivity contribution in [1.82, 2.24) is 0 Å². The van der Waals surface area contributed by atoms with Crippen LogP contribution in [0.25, 0.3) is 0 Å². The lowest BCUT2D eigenvalue weighted by Crippen LogP contribution is -2.15. The number of carbonyl (C=O) groups excluding carboxylic acids is 2. The first-order valence-electron chi connectivity index (χ1n) is 6.05. The van der Waals surface area contributed by atoms with Gasteiger partial charge in [-0.05, 0) is 31.2 Å². The molecule has 21 heavy (non-hydrogen) atoms. The molecule has 0 heterocycles. The normalized spacial score (nSPS) is 10.2. The Balaban J connectivity index is 2.30. The number of benzene rings is 2. The van der Waals surface area contributed by atoms with Crippen LogP contribution in [0.2, 0.25) is 0 Å². The van der Waals surface area contributed by atoms with Crippen LogP contribution in [0.1, 0.15) is 27.6 Å². The summed E-state index contributed by atoms with van der Waals surface area (Å²) in [4.78, 5) is 23.2. The fraction of sp³-hybridized carbons (Fsp3) is 0.0667. The number of nitrogen functional groups attached to an aromatic ring is 1. The number of hydrogen-bond acceptors (Lipinski definition) is 3. The van der Waals surface area contributed by atoms with Gasteiger partial charge in [0.15, 0.2) is 11.6 Å². The van der Waals surface area contributed by atoms with Crippen molar-refractivity contribution in [2.24, 2.45) is 0 Å². The van der Waals surface area contributed by atoms with Gasteiger partial charge in [0.25, 0.3) is 5.91 Å². The highest BCUT2D eigenvalue weighted by molar-refractivity contribution is 6.05. The molecule has 2 aromatic rings. The van der Waals surface area contributed by atoms with Gasteiger partial charge in [-0.2, -0.15) is 0 Å². The van der Waals surface area contributed by atoms with E-state index in [1.54, 1.807) is 12.1 Å². The Bertz CT molecular complexity index is 730. The van der Waals surface area contributed by atoms with Crippen LogP contribution in [0.15, 0.2) is 36.4 Å². The predicted octanol–water partition coefficient (Wildman–Crippen LogP) is 3.00. The van der Waals surface area contributed by atoms with E-state index in [1.807, 2.05) is 0 Å². The molecule has 1 amide bonds. The average Bonchev–Trinajstić information content (AvgIpc) is 2.43. The first-order chi connectivity index (χ1) is 9.88.